The van der Waals surface area contributed by atoms with Crippen LogP contribution in [0.4, 0.5) is 0 Å². The summed E-state index contributed by atoms with van der Waals surface area (Å²) in [4.78, 5) is 10.6. The summed E-state index contributed by atoms with van der Waals surface area (Å²) >= 11 is 5.73. The fourth-order valence-corrected chi connectivity index (χ4v) is 1.26. The lowest BCUT2D eigenvalue weighted by Gasteiger charge is -2.06. The Kier molecular flexibility index (Phi) is 2.90. The summed E-state index contributed by atoms with van der Waals surface area (Å²) in [5.41, 5.74) is 6.53. The van der Waals surface area contributed by atoms with Gasteiger partial charge < -0.3 is 10.8 Å². The Hall–Kier alpha value is -1.06. The second kappa shape index (κ2) is 3.77. The van der Waals surface area contributed by atoms with Crippen LogP contribution in [0.25, 0.3) is 0 Å². The Morgan fingerprint density at radius 3 is 2.62 bits per heavy atom. The maximum atomic E-state index is 10.6. The van der Waals surface area contributed by atoms with E-state index in [0.717, 1.165) is 5.56 Å². The van der Waals surface area contributed by atoms with Crippen LogP contribution in [0, 0.1) is 0 Å². The minimum absolute atomic E-state index is 0.103. The van der Waals surface area contributed by atoms with Gasteiger partial charge in [0.1, 0.15) is 0 Å². The topological polar surface area (TPSA) is 63.3 Å². The van der Waals surface area contributed by atoms with E-state index in [4.69, 9.17) is 22.4 Å². The van der Waals surface area contributed by atoms with Gasteiger partial charge in [0.05, 0.1) is 10.6 Å². The van der Waals surface area contributed by atoms with Gasteiger partial charge >= 0.3 is 5.97 Å². The van der Waals surface area contributed by atoms with Crippen LogP contribution in [0.15, 0.2) is 18.2 Å². The number of hydrogen-bond donors (Lipinski definition) is 2. The van der Waals surface area contributed by atoms with Crippen LogP contribution in [-0.4, -0.2) is 11.1 Å². The van der Waals surface area contributed by atoms with Crippen molar-refractivity contribution in [3.63, 3.8) is 0 Å². The normalized spacial score (nSPS) is 12.5. The summed E-state index contributed by atoms with van der Waals surface area (Å²) in [5, 5.41) is 8.90. The first-order valence-electron chi connectivity index (χ1n) is 3.80. The third kappa shape index (κ3) is 2.20. The predicted molar refractivity (Wildman–Crippen MR) is 51.0 cm³/mol. The average Bonchev–Trinajstić information content (AvgIpc) is 2.03. The molecule has 0 saturated carbocycles. The molecule has 13 heavy (non-hydrogen) atoms. The second-order valence-corrected chi connectivity index (χ2v) is 3.24. The molecule has 4 heteroatoms. The van der Waals surface area contributed by atoms with Crippen molar-refractivity contribution in [2.75, 3.05) is 0 Å². The molecule has 3 N–H and O–H groups in total. The van der Waals surface area contributed by atoms with Crippen LogP contribution in [0.3, 0.4) is 0 Å². The Morgan fingerprint density at radius 2 is 2.23 bits per heavy atom. The van der Waals surface area contributed by atoms with Gasteiger partial charge in [-0.1, -0.05) is 17.7 Å². The van der Waals surface area contributed by atoms with Gasteiger partial charge in [0.15, 0.2) is 0 Å². The zero-order valence-corrected chi connectivity index (χ0v) is 7.88. The molecule has 0 amide bonds. The van der Waals surface area contributed by atoms with Crippen molar-refractivity contribution < 1.29 is 9.90 Å². The number of rotatable bonds is 2. The van der Waals surface area contributed by atoms with E-state index < -0.39 is 5.97 Å². The van der Waals surface area contributed by atoms with E-state index >= 15 is 0 Å². The highest BCUT2D eigenvalue weighted by atomic mass is 35.5. The van der Waals surface area contributed by atoms with E-state index in [1.165, 1.54) is 6.07 Å². The molecule has 0 fully saturated rings. The number of carboxylic acids is 1. The fraction of sp³-hybridized carbons (Fsp3) is 0.222. The lowest BCUT2D eigenvalue weighted by atomic mass is 10.1. The number of hydrogen-bond acceptors (Lipinski definition) is 2. The van der Waals surface area contributed by atoms with Crippen molar-refractivity contribution in [2.45, 2.75) is 13.0 Å². The largest absolute Gasteiger partial charge is 0.478 e. The van der Waals surface area contributed by atoms with Gasteiger partial charge in [0.2, 0.25) is 0 Å². The lowest BCUT2D eigenvalue weighted by molar-refractivity contribution is 0.0697. The van der Waals surface area contributed by atoms with Crippen LogP contribution in [0.5, 0.6) is 0 Å². The van der Waals surface area contributed by atoms with E-state index in [1.54, 1.807) is 12.1 Å². The van der Waals surface area contributed by atoms with Gasteiger partial charge in [-0.25, -0.2) is 4.79 Å². The third-order valence-corrected chi connectivity index (χ3v) is 2.06. The summed E-state index contributed by atoms with van der Waals surface area (Å²) in [6, 6.07) is 4.57. The molecule has 0 aromatic heterocycles. The molecule has 0 bridgehead atoms. The first kappa shape index (κ1) is 10.0. The van der Waals surface area contributed by atoms with E-state index in [1.807, 2.05) is 6.92 Å². The van der Waals surface area contributed by atoms with E-state index in [2.05, 4.69) is 0 Å². The van der Waals surface area contributed by atoms with Crippen LogP contribution >= 0.6 is 11.6 Å². The number of nitrogens with two attached hydrogens (primary N) is 1. The highest BCUT2D eigenvalue weighted by molar-refractivity contribution is 6.33. The lowest BCUT2D eigenvalue weighted by Crippen LogP contribution is -2.06. The molecule has 0 heterocycles. The highest BCUT2D eigenvalue weighted by Crippen LogP contribution is 2.20. The van der Waals surface area contributed by atoms with E-state index in [9.17, 15) is 4.79 Å². The molecule has 0 aliphatic carbocycles. The first-order valence-corrected chi connectivity index (χ1v) is 4.18. The first-order chi connectivity index (χ1) is 6.02. The second-order valence-electron chi connectivity index (χ2n) is 2.83. The molecule has 0 saturated heterocycles. The van der Waals surface area contributed by atoms with Gasteiger partial charge in [0.25, 0.3) is 0 Å². The summed E-state index contributed by atoms with van der Waals surface area (Å²) in [6.45, 7) is 1.81. The van der Waals surface area contributed by atoms with Gasteiger partial charge in [0, 0.05) is 6.04 Å². The minimum atomic E-state index is -1.03. The van der Waals surface area contributed by atoms with E-state index in [-0.39, 0.29) is 16.6 Å². The molecule has 0 radical (unpaired) electrons. The van der Waals surface area contributed by atoms with Crippen LogP contribution < -0.4 is 5.73 Å². The van der Waals surface area contributed by atoms with Crippen molar-refractivity contribution in [3.8, 4) is 0 Å². The molecule has 0 aliphatic rings. The predicted octanol–water partition coefficient (Wildman–Crippen LogP) is 2.06. The van der Waals surface area contributed by atoms with Crippen molar-refractivity contribution in [1.82, 2.24) is 0 Å². The number of carbonyl (C=O) groups is 1. The van der Waals surface area contributed by atoms with E-state index in [0.29, 0.717) is 0 Å². The molecular weight excluding hydrogens is 190 g/mol. The Labute approximate surface area is 81.1 Å². The zero-order chi connectivity index (χ0) is 10.0. The summed E-state index contributed by atoms with van der Waals surface area (Å²) in [5.74, 6) is -1.03. The van der Waals surface area contributed by atoms with Crippen molar-refractivity contribution in [1.29, 1.82) is 0 Å². The molecular formula is C9H10ClNO2. The molecule has 0 aliphatic heterocycles. The maximum Gasteiger partial charge on any atom is 0.337 e. The molecule has 70 valence electrons. The number of benzene rings is 1. The molecule has 1 rings (SSSR count). The SMILES string of the molecule is C[C@@H](N)c1ccc(C(=O)O)c(Cl)c1. The molecule has 0 spiro atoms. The average molecular weight is 200 g/mol. The molecule has 1 atom stereocenters. The zero-order valence-electron chi connectivity index (χ0n) is 7.12. The standard InChI is InChI=1S/C9H10ClNO2/c1-5(11)6-2-3-7(9(12)13)8(10)4-6/h2-5H,11H2,1H3,(H,12,13)/t5-/m1/s1. The van der Waals surface area contributed by atoms with Crippen LogP contribution in [0.1, 0.15) is 28.9 Å². The van der Waals surface area contributed by atoms with Crippen molar-refractivity contribution in [3.05, 3.63) is 34.3 Å². The monoisotopic (exact) mass is 199 g/mol. The summed E-state index contributed by atoms with van der Waals surface area (Å²) < 4.78 is 0. The number of halogens is 1. The Morgan fingerprint density at radius 1 is 1.62 bits per heavy atom. The molecule has 0 unspecified atom stereocenters. The van der Waals surface area contributed by atoms with Gasteiger partial charge in [-0.2, -0.15) is 0 Å². The van der Waals surface area contributed by atoms with Gasteiger partial charge in [-0.05, 0) is 24.6 Å². The maximum absolute atomic E-state index is 10.6. The van der Waals surface area contributed by atoms with Crippen LogP contribution in [0.2, 0.25) is 5.02 Å². The fourth-order valence-electron chi connectivity index (χ4n) is 0.988. The third-order valence-electron chi connectivity index (χ3n) is 1.75. The Bertz CT molecular complexity index is 336. The quantitative estimate of drug-likeness (QED) is 0.767. The summed E-state index contributed by atoms with van der Waals surface area (Å²) in [7, 11) is 0. The number of aromatic carboxylic acids is 1. The Balaban J connectivity index is 3.13. The molecule has 1 aromatic carbocycles. The van der Waals surface area contributed by atoms with Gasteiger partial charge in [-0.15, -0.1) is 0 Å². The minimum Gasteiger partial charge on any atom is -0.478 e. The summed E-state index contributed by atoms with van der Waals surface area (Å²) in [6.07, 6.45) is 0. The molecule has 1 aromatic rings. The van der Waals surface area contributed by atoms with Gasteiger partial charge in [-0.3, -0.25) is 0 Å². The van der Waals surface area contributed by atoms with Crippen LogP contribution in [-0.2, 0) is 0 Å². The smallest absolute Gasteiger partial charge is 0.337 e. The molecule has 3 nitrogen and oxygen atoms in total. The highest BCUT2D eigenvalue weighted by Gasteiger charge is 2.09. The van der Waals surface area contributed by atoms with Crippen molar-refractivity contribution >= 4 is 17.6 Å². The van der Waals surface area contributed by atoms with Crippen molar-refractivity contribution in [2.24, 2.45) is 5.73 Å². The number of carboxylic acid groups (broad SMARTS) is 1.